The van der Waals surface area contributed by atoms with E-state index in [4.69, 9.17) is 4.98 Å². The third-order valence-electron chi connectivity index (χ3n) is 9.24. The second kappa shape index (κ2) is 9.16. The van der Waals surface area contributed by atoms with Gasteiger partial charge in [-0.2, -0.15) is 0 Å². The van der Waals surface area contributed by atoms with Crippen LogP contribution in [-0.4, -0.2) is 44.4 Å². The summed E-state index contributed by atoms with van der Waals surface area (Å²) in [7, 11) is 2.00. The van der Waals surface area contributed by atoms with Crippen molar-refractivity contribution >= 4 is 11.9 Å². The molecule has 2 N–H and O–H groups in total. The number of carboxylic acids is 1. The number of carbonyl (C=O) groups is 2. The molecule has 0 atom stereocenters. The van der Waals surface area contributed by atoms with Crippen LogP contribution in [0.2, 0.25) is 0 Å². The molecular formula is C31H35N3O3. The largest absolute Gasteiger partial charge is 0.478 e. The Labute approximate surface area is 218 Å². The average Bonchev–Trinajstić information content (AvgIpc) is 3.30. The van der Waals surface area contributed by atoms with E-state index in [2.05, 4.69) is 22.9 Å². The van der Waals surface area contributed by atoms with E-state index in [-0.39, 0.29) is 17.0 Å². The molecule has 192 valence electrons. The maximum atomic E-state index is 14.1. The quantitative estimate of drug-likeness (QED) is 0.425. The van der Waals surface area contributed by atoms with E-state index >= 15 is 0 Å². The molecule has 4 bridgehead atoms. The number of carbonyl (C=O) groups excluding carboxylic acids is 1. The molecule has 4 aliphatic carbocycles. The van der Waals surface area contributed by atoms with Gasteiger partial charge in [0, 0.05) is 18.2 Å². The summed E-state index contributed by atoms with van der Waals surface area (Å²) in [5.74, 6) is 2.08. The number of aromatic nitrogens is 2. The van der Waals surface area contributed by atoms with Crippen molar-refractivity contribution in [2.45, 2.75) is 63.8 Å². The number of rotatable bonds is 7. The number of hydrogen-bond acceptors (Lipinski definition) is 3. The van der Waals surface area contributed by atoms with Crippen LogP contribution in [0.25, 0.3) is 11.4 Å². The van der Waals surface area contributed by atoms with E-state index in [0.717, 1.165) is 65.2 Å². The SMILES string of the molecule is Cc1ccccc1-c1nc(CCc2cccc(C(=O)O)c2)c(C(=O)N(C)C23CC4CC(CC(C4)C2)C3)[nH]1. The smallest absolute Gasteiger partial charge is 0.335 e. The van der Waals surface area contributed by atoms with E-state index in [0.29, 0.717) is 18.5 Å². The van der Waals surface area contributed by atoms with Crippen molar-refractivity contribution in [1.82, 2.24) is 14.9 Å². The Balaban J connectivity index is 1.32. The molecular weight excluding hydrogens is 462 g/mol. The molecule has 4 aliphatic rings. The van der Waals surface area contributed by atoms with Crippen LogP contribution in [0.1, 0.15) is 76.2 Å². The van der Waals surface area contributed by atoms with Crippen molar-refractivity contribution in [3.05, 3.63) is 76.6 Å². The van der Waals surface area contributed by atoms with Crippen molar-refractivity contribution in [2.24, 2.45) is 17.8 Å². The fraction of sp³-hybridized carbons (Fsp3) is 0.452. The molecule has 1 amide bonds. The molecule has 7 rings (SSSR count). The predicted octanol–water partition coefficient (Wildman–Crippen LogP) is 5.91. The van der Waals surface area contributed by atoms with Crippen LogP contribution in [0.5, 0.6) is 0 Å². The molecule has 0 aliphatic heterocycles. The normalized spacial score (nSPS) is 25.8. The van der Waals surface area contributed by atoms with E-state index in [9.17, 15) is 14.7 Å². The van der Waals surface area contributed by atoms with Crippen LogP contribution in [-0.2, 0) is 12.8 Å². The second-order valence-electron chi connectivity index (χ2n) is 11.7. The standard InChI is InChI=1S/C31H35N3O3/c1-19-6-3-4-9-25(19)28-32-26(11-10-20-7-5-8-24(15-20)30(36)37)27(33-28)29(35)34(2)31-16-21-12-22(17-31)14-23(13-21)18-31/h3-9,15,21-23H,10-14,16-18H2,1-2H3,(H,32,33)(H,36,37). The van der Waals surface area contributed by atoms with E-state index in [1.54, 1.807) is 18.2 Å². The number of imidazole rings is 1. The number of carboxylic acid groups (broad SMARTS) is 1. The fourth-order valence-electron chi connectivity index (χ4n) is 7.71. The lowest BCUT2D eigenvalue weighted by atomic mass is 9.52. The third-order valence-corrected chi connectivity index (χ3v) is 9.24. The number of aromatic carboxylic acids is 1. The summed E-state index contributed by atoms with van der Waals surface area (Å²) in [6.45, 7) is 2.05. The summed E-state index contributed by atoms with van der Waals surface area (Å²) in [4.78, 5) is 36.0. The highest BCUT2D eigenvalue weighted by Gasteiger charge is 2.54. The van der Waals surface area contributed by atoms with Crippen molar-refractivity contribution in [3.8, 4) is 11.4 Å². The molecule has 0 spiro atoms. The highest BCUT2D eigenvalue weighted by atomic mass is 16.4. The lowest BCUT2D eigenvalue weighted by Gasteiger charge is -2.59. The zero-order valence-electron chi connectivity index (χ0n) is 21.7. The van der Waals surface area contributed by atoms with Crippen LogP contribution in [0, 0.1) is 24.7 Å². The maximum Gasteiger partial charge on any atom is 0.335 e. The van der Waals surface area contributed by atoms with Gasteiger partial charge in [-0.25, -0.2) is 9.78 Å². The van der Waals surface area contributed by atoms with Gasteiger partial charge in [-0.1, -0.05) is 36.4 Å². The van der Waals surface area contributed by atoms with Gasteiger partial charge >= 0.3 is 5.97 Å². The molecule has 6 nitrogen and oxygen atoms in total. The fourth-order valence-corrected chi connectivity index (χ4v) is 7.71. The van der Waals surface area contributed by atoms with Crippen LogP contribution >= 0.6 is 0 Å². The lowest BCUT2D eigenvalue weighted by molar-refractivity contribution is -0.0667. The van der Waals surface area contributed by atoms with Gasteiger partial charge in [0.15, 0.2) is 0 Å². The van der Waals surface area contributed by atoms with E-state index in [1.165, 1.54) is 19.3 Å². The van der Waals surface area contributed by atoms with Crippen molar-refractivity contribution in [3.63, 3.8) is 0 Å². The second-order valence-corrected chi connectivity index (χ2v) is 11.7. The van der Waals surface area contributed by atoms with E-state index < -0.39 is 5.97 Å². The number of nitrogens with one attached hydrogen (secondary N) is 1. The summed E-state index contributed by atoms with van der Waals surface area (Å²) in [6.07, 6.45) is 8.55. The zero-order valence-corrected chi connectivity index (χ0v) is 21.7. The summed E-state index contributed by atoms with van der Waals surface area (Å²) in [5.41, 5.74) is 4.59. The minimum atomic E-state index is -0.934. The van der Waals surface area contributed by atoms with Crippen LogP contribution in [0.15, 0.2) is 48.5 Å². The average molecular weight is 498 g/mol. The predicted molar refractivity (Wildman–Crippen MR) is 143 cm³/mol. The topological polar surface area (TPSA) is 86.3 Å². The van der Waals surface area contributed by atoms with Gasteiger partial charge < -0.3 is 15.0 Å². The van der Waals surface area contributed by atoms with Gasteiger partial charge in [-0.05, 0) is 99.3 Å². The van der Waals surface area contributed by atoms with Crippen LogP contribution in [0.3, 0.4) is 0 Å². The summed E-state index contributed by atoms with van der Waals surface area (Å²) < 4.78 is 0. The zero-order chi connectivity index (χ0) is 25.7. The third kappa shape index (κ3) is 4.36. The van der Waals surface area contributed by atoms with Crippen LogP contribution < -0.4 is 0 Å². The van der Waals surface area contributed by atoms with Crippen LogP contribution in [0.4, 0.5) is 0 Å². The molecule has 6 heteroatoms. The molecule has 37 heavy (non-hydrogen) atoms. The minimum Gasteiger partial charge on any atom is -0.478 e. The number of hydrogen-bond donors (Lipinski definition) is 2. The Hall–Kier alpha value is -3.41. The number of aromatic amines is 1. The van der Waals surface area contributed by atoms with Gasteiger partial charge in [-0.15, -0.1) is 0 Å². The highest BCUT2D eigenvalue weighted by Crippen LogP contribution is 2.57. The van der Waals surface area contributed by atoms with Gasteiger partial charge in [0.1, 0.15) is 11.5 Å². The molecule has 3 aromatic rings. The number of amides is 1. The first-order valence-electron chi connectivity index (χ1n) is 13.6. The minimum absolute atomic E-state index is 0.0311. The summed E-state index contributed by atoms with van der Waals surface area (Å²) in [5, 5.41) is 9.38. The maximum absolute atomic E-state index is 14.1. The summed E-state index contributed by atoms with van der Waals surface area (Å²) >= 11 is 0. The monoisotopic (exact) mass is 497 g/mol. The number of H-pyrrole nitrogens is 1. The molecule has 2 aromatic carbocycles. The molecule has 0 radical (unpaired) electrons. The van der Waals surface area contributed by atoms with Gasteiger partial charge in [0.05, 0.1) is 11.3 Å². The number of benzene rings is 2. The van der Waals surface area contributed by atoms with Gasteiger partial charge in [0.2, 0.25) is 0 Å². The van der Waals surface area contributed by atoms with Crippen molar-refractivity contribution < 1.29 is 14.7 Å². The van der Waals surface area contributed by atoms with Gasteiger partial charge in [0.25, 0.3) is 5.91 Å². The molecule has 4 saturated carbocycles. The first-order valence-corrected chi connectivity index (χ1v) is 13.6. The first kappa shape index (κ1) is 24.0. The summed E-state index contributed by atoms with van der Waals surface area (Å²) in [6, 6.07) is 15.1. The molecule has 1 aromatic heterocycles. The number of nitrogens with zero attached hydrogens (tertiary/aromatic N) is 2. The van der Waals surface area contributed by atoms with Crippen molar-refractivity contribution in [1.29, 1.82) is 0 Å². The lowest BCUT2D eigenvalue weighted by Crippen LogP contribution is -2.60. The Bertz CT molecular complexity index is 1320. The molecule has 1 heterocycles. The van der Waals surface area contributed by atoms with E-state index in [1.807, 2.05) is 31.3 Å². The molecule has 4 fully saturated rings. The van der Waals surface area contributed by atoms with Gasteiger partial charge in [-0.3, -0.25) is 4.79 Å². The number of aryl methyl sites for hydroxylation is 3. The molecule has 0 saturated heterocycles. The Morgan fingerprint density at radius 1 is 1.00 bits per heavy atom. The first-order chi connectivity index (χ1) is 17.8. The Morgan fingerprint density at radius 2 is 1.68 bits per heavy atom. The molecule has 0 unspecified atom stereocenters. The van der Waals surface area contributed by atoms with Crippen molar-refractivity contribution in [2.75, 3.05) is 7.05 Å². The Kier molecular flexibility index (Phi) is 5.93. The highest BCUT2D eigenvalue weighted by molar-refractivity contribution is 5.94. The Morgan fingerprint density at radius 3 is 2.32 bits per heavy atom.